The molecule has 4 N–H and O–H groups in total. The van der Waals surface area contributed by atoms with Crippen LogP contribution in [0.5, 0.6) is 0 Å². The Bertz CT molecular complexity index is 251. The van der Waals surface area contributed by atoms with Gasteiger partial charge in [0.15, 0.2) is 0 Å². The standard InChI is InChI=1S/C9H17N3O3/c10-8(11-15)6-9(14)12(4-5-13)7-2-1-3-7/h7,13,15H,1-6H2,(H2,10,11). The Morgan fingerprint density at radius 2 is 2.20 bits per heavy atom. The zero-order valence-electron chi connectivity index (χ0n) is 8.59. The van der Waals surface area contributed by atoms with E-state index in [9.17, 15) is 4.79 Å². The maximum atomic E-state index is 11.7. The summed E-state index contributed by atoms with van der Waals surface area (Å²) in [6, 6.07) is 0.219. The number of rotatable bonds is 5. The van der Waals surface area contributed by atoms with Crippen molar-refractivity contribution in [2.24, 2.45) is 10.9 Å². The number of amidine groups is 1. The number of nitrogens with zero attached hydrogens (tertiary/aromatic N) is 2. The zero-order valence-corrected chi connectivity index (χ0v) is 8.59. The van der Waals surface area contributed by atoms with E-state index < -0.39 is 0 Å². The first-order valence-electron chi connectivity index (χ1n) is 5.05. The molecule has 0 aromatic heterocycles. The molecule has 1 aliphatic carbocycles. The molecular formula is C9H17N3O3. The number of nitrogens with two attached hydrogens (primary N) is 1. The highest BCUT2D eigenvalue weighted by atomic mass is 16.4. The fourth-order valence-corrected chi connectivity index (χ4v) is 1.61. The fraction of sp³-hybridized carbons (Fsp3) is 0.778. The lowest BCUT2D eigenvalue weighted by Gasteiger charge is -2.37. The molecule has 15 heavy (non-hydrogen) atoms. The van der Waals surface area contributed by atoms with Gasteiger partial charge in [-0.15, -0.1) is 0 Å². The summed E-state index contributed by atoms with van der Waals surface area (Å²) in [7, 11) is 0. The molecule has 0 radical (unpaired) electrons. The Labute approximate surface area is 88.4 Å². The number of hydrogen-bond acceptors (Lipinski definition) is 4. The van der Waals surface area contributed by atoms with Crippen molar-refractivity contribution in [1.29, 1.82) is 0 Å². The van der Waals surface area contributed by atoms with Crippen molar-refractivity contribution >= 4 is 11.7 Å². The van der Waals surface area contributed by atoms with E-state index in [0.717, 1.165) is 19.3 Å². The van der Waals surface area contributed by atoms with Crippen LogP contribution in [0.15, 0.2) is 5.16 Å². The smallest absolute Gasteiger partial charge is 0.230 e. The van der Waals surface area contributed by atoms with Crippen molar-refractivity contribution in [3.8, 4) is 0 Å². The topological polar surface area (TPSA) is 99.2 Å². The van der Waals surface area contributed by atoms with Crippen LogP contribution in [0.4, 0.5) is 0 Å². The lowest BCUT2D eigenvalue weighted by molar-refractivity contribution is -0.134. The first-order valence-corrected chi connectivity index (χ1v) is 5.05. The minimum absolute atomic E-state index is 0.0571. The SMILES string of the molecule is NC(CC(=O)N(CCO)C1CCC1)=NO. The predicted octanol–water partition coefficient (Wildman–Crippen LogP) is -0.504. The molecule has 0 atom stereocenters. The summed E-state index contributed by atoms with van der Waals surface area (Å²) in [6.45, 7) is 0.265. The second-order valence-electron chi connectivity index (χ2n) is 3.66. The van der Waals surface area contributed by atoms with Gasteiger partial charge < -0.3 is 20.9 Å². The molecule has 0 aliphatic heterocycles. The van der Waals surface area contributed by atoms with Crippen LogP contribution < -0.4 is 5.73 Å². The number of oxime groups is 1. The summed E-state index contributed by atoms with van der Waals surface area (Å²) >= 11 is 0. The largest absolute Gasteiger partial charge is 0.409 e. The second-order valence-corrected chi connectivity index (χ2v) is 3.66. The molecule has 1 amide bonds. The number of aliphatic hydroxyl groups excluding tert-OH is 1. The van der Waals surface area contributed by atoms with Gasteiger partial charge in [0.05, 0.1) is 13.0 Å². The molecule has 1 rings (SSSR count). The Balaban J connectivity index is 2.50. The van der Waals surface area contributed by atoms with Crippen LogP contribution in [0.25, 0.3) is 0 Å². The molecule has 0 spiro atoms. The third-order valence-corrected chi connectivity index (χ3v) is 2.64. The lowest BCUT2D eigenvalue weighted by Crippen LogP contribution is -2.46. The molecule has 0 bridgehead atoms. The van der Waals surface area contributed by atoms with Gasteiger partial charge in [0, 0.05) is 12.6 Å². The Morgan fingerprint density at radius 3 is 2.60 bits per heavy atom. The van der Waals surface area contributed by atoms with Crippen LogP contribution in [-0.2, 0) is 4.79 Å². The second kappa shape index (κ2) is 5.55. The fourth-order valence-electron chi connectivity index (χ4n) is 1.61. The Morgan fingerprint density at radius 1 is 1.53 bits per heavy atom. The highest BCUT2D eigenvalue weighted by Gasteiger charge is 2.28. The van der Waals surface area contributed by atoms with E-state index in [2.05, 4.69) is 5.16 Å². The van der Waals surface area contributed by atoms with Gasteiger partial charge in [-0.25, -0.2) is 0 Å². The Kier molecular flexibility index (Phi) is 4.36. The highest BCUT2D eigenvalue weighted by molar-refractivity contribution is 5.98. The molecule has 1 fully saturated rings. The van der Waals surface area contributed by atoms with E-state index in [1.165, 1.54) is 0 Å². The summed E-state index contributed by atoms with van der Waals surface area (Å²) < 4.78 is 0. The minimum atomic E-state index is -0.191. The minimum Gasteiger partial charge on any atom is -0.409 e. The molecule has 0 unspecified atom stereocenters. The Hall–Kier alpha value is -1.30. The number of amides is 1. The van der Waals surface area contributed by atoms with Crippen molar-refractivity contribution in [2.75, 3.05) is 13.2 Å². The van der Waals surface area contributed by atoms with Gasteiger partial charge in [0.25, 0.3) is 0 Å². The van der Waals surface area contributed by atoms with Gasteiger partial charge in [0.1, 0.15) is 5.84 Å². The molecule has 0 aromatic carbocycles. The van der Waals surface area contributed by atoms with Crippen LogP contribution in [0, 0.1) is 0 Å². The molecule has 1 saturated carbocycles. The summed E-state index contributed by atoms with van der Waals surface area (Å²) in [4.78, 5) is 13.3. The van der Waals surface area contributed by atoms with Crippen molar-refractivity contribution in [1.82, 2.24) is 4.90 Å². The van der Waals surface area contributed by atoms with E-state index in [0.29, 0.717) is 6.54 Å². The average molecular weight is 215 g/mol. The molecular weight excluding hydrogens is 198 g/mol. The van der Waals surface area contributed by atoms with Crippen LogP contribution in [0.2, 0.25) is 0 Å². The number of carbonyl (C=O) groups excluding carboxylic acids is 1. The predicted molar refractivity (Wildman–Crippen MR) is 54.5 cm³/mol. The van der Waals surface area contributed by atoms with Gasteiger partial charge in [0.2, 0.25) is 5.91 Å². The lowest BCUT2D eigenvalue weighted by atomic mass is 9.91. The summed E-state index contributed by atoms with van der Waals surface area (Å²) in [6.07, 6.45) is 2.97. The van der Waals surface area contributed by atoms with Gasteiger partial charge in [-0.1, -0.05) is 5.16 Å². The third-order valence-electron chi connectivity index (χ3n) is 2.64. The molecule has 0 heterocycles. The summed E-state index contributed by atoms with van der Waals surface area (Å²) in [5, 5.41) is 19.9. The van der Waals surface area contributed by atoms with Crippen molar-refractivity contribution in [3.05, 3.63) is 0 Å². The molecule has 0 aromatic rings. The number of hydrogen-bond donors (Lipinski definition) is 3. The number of aliphatic hydroxyl groups is 1. The monoisotopic (exact) mass is 215 g/mol. The normalized spacial score (nSPS) is 17.3. The van der Waals surface area contributed by atoms with Gasteiger partial charge in [-0.3, -0.25) is 4.79 Å². The molecule has 1 aliphatic rings. The van der Waals surface area contributed by atoms with Gasteiger partial charge in [-0.2, -0.15) is 0 Å². The quantitative estimate of drug-likeness (QED) is 0.249. The molecule has 6 heteroatoms. The zero-order chi connectivity index (χ0) is 11.3. The van der Waals surface area contributed by atoms with E-state index >= 15 is 0 Å². The van der Waals surface area contributed by atoms with E-state index in [1.54, 1.807) is 4.90 Å². The van der Waals surface area contributed by atoms with Crippen molar-refractivity contribution < 1.29 is 15.1 Å². The van der Waals surface area contributed by atoms with Crippen molar-refractivity contribution in [3.63, 3.8) is 0 Å². The van der Waals surface area contributed by atoms with E-state index in [4.69, 9.17) is 16.0 Å². The summed E-state index contributed by atoms with van der Waals surface area (Å²) in [5.41, 5.74) is 5.26. The highest BCUT2D eigenvalue weighted by Crippen LogP contribution is 2.24. The van der Waals surface area contributed by atoms with Crippen molar-refractivity contribution in [2.45, 2.75) is 31.7 Å². The molecule has 86 valence electrons. The first kappa shape index (κ1) is 11.8. The molecule has 6 nitrogen and oxygen atoms in total. The van der Waals surface area contributed by atoms with E-state index in [1.807, 2.05) is 0 Å². The van der Waals surface area contributed by atoms with Crippen LogP contribution >= 0.6 is 0 Å². The van der Waals surface area contributed by atoms with E-state index in [-0.39, 0.29) is 30.8 Å². The maximum absolute atomic E-state index is 11.7. The van der Waals surface area contributed by atoms with Gasteiger partial charge >= 0.3 is 0 Å². The molecule has 0 saturated heterocycles. The van der Waals surface area contributed by atoms with Gasteiger partial charge in [-0.05, 0) is 19.3 Å². The third kappa shape index (κ3) is 3.09. The number of carbonyl (C=O) groups is 1. The van der Waals surface area contributed by atoms with Crippen LogP contribution in [-0.4, -0.2) is 46.1 Å². The average Bonchev–Trinajstić information content (AvgIpc) is 2.14. The summed E-state index contributed by atoms with van der Waals surface area (Å²) in [5.74, 6) is -0.286. The van der Waals surface area contributed by atoms with Crippen LogP contribution in [0.3, 0.4) is 0 Å². The maximum Gasteiger partial charge on any atom is 0.230 e. The first-order chi connectivity index (χ1) is 7.19. The van der Waals surface area contributed by atoms with Crippen LogP contribution in [0.1, 0.15) is 25.7 Å².